The van der Waals surface area contributed by atoms with Gasteiger partial charge in [-0.3, -0.25) is 0 Å². The Labute approximate surface area is 117 Å². The van der Waals surface area contributed by atoms with E-state index >= 15 is 0 Å². The van der Waals surface area contributed by atoms with Crippen LogP contribution in [-0.2, 0) is 24.2 Å². The second-order valence-corrected chi connectivity index (χ2v) is 4.97. The number of aryl methyl sites for hydroxylation is 1. The van der Waals surface area contributed by atoms with Crippen LogP contribution in [0.2, 0.25) is 5.15 Å². The minimum absolute atomic E-state index is 0.513. The summed E-state index contributed by atoms with van der Waals surface area (Å²) in [4.78, 5) is 9.01. The van der Waals surface area contributed by atoms with Crippen LogP contribution < -0.4 is 0 Å². The lowest BCUT2D eigenvalue weighted by Gasteiger charge is -2.17. The first-order valence-electron chi connectivity index (χ1n) is 6.50. The molecule has 2 aromatic rings. The smallest absolute Gasteiger partial charge is 0.161 e. The number of ether oxygens (including phenoxy) is 1. The molecule has 0 bridgehead atoms. The molecule has 0 aliphatic carbocycles. The number of fused-ring (bicyclic) bond motifs is 1. The quantitative estimate of drug-likeness (QED) is 0.787. The van der Waals surface area contributed by atoms with Gasteiger partial charge in [-0.25, -0.2) is 9.97 Å². The van der Waals surface area contributed by atoms with E-state index in [0.717, 1.165) is 29.7 Å². The first kappa shape index (κ1) is 12.6. The van der Waals surface area contributed by atoms with Crippen molar-refractivity contribution >= 4 is 11.6 Å². The third-order valence-corrected chi connectivity index (χ3v) is 3.70. The zero-order chi connectivity index (χ0) is 13.2. The molecule has 0 fully saturated rings. The molecule has 0 atom stereocenters. The summed E-state index contributed by atoms with van der Waals surface area (Å²) < 4.78 is 5.39. The number of benzene rings is 1. The monoisotopic (exact) mass is 274 g/mol. The zero-order valence-corrected chi connectivity index (χ0v) is 11.6. The Morgan fingerprint density at radius 1 is 1.21 bits per heavy atom. The number of nitrogens with zero attached hydrogens (tertiary/aromatic N) is 2. The molecule has 1 aliphatic heterocycles. The van der Waals surface area contributed by atoms with Crippen molar-refractivity contribution in [3.63, 3.8) is 0 Å². The number of halogens is 1. The summed E-state index contributed by atoms with van der Waals surface area (Å²) in [6.45, 7) is 3.36. The molecule has 1 aromatic carbocycles. The van der Waals surface area contributed by atoms with Crippen molar-refractivity contribution in [3.05, 3.63) is 46.2 Å². The zero-order valence-electron chi connectivity index (χ0n) is 10.8. The number of hydrogen-bond donors (Lipinski definition) is 0. The van der Waals surface area contributed by atoms with Crippen molar-refractivity contribution in [1.82, 2.24) is 9.97 Å². The molecular weight excluding hydrogens is 260 g/mol. The number of aromatic nitrogens is 2. The van der Waals surface area contributed by atoms with Crippen molar-refractivity contribution in [2.75, 3.05) is 6.61 Å². The first-order chi connectivity index (χ1) is 9.28. The van der Waals surface area contributed by atoms with Crippen LogP contribution in [0.5, 0.6) is 0 Å². The van der Waals surface area contributed by atoms with Gasteiger partial charge in [0.25, 0.3) is 0 Å². The third kappa shape index (κ3) is 2.48. The second kappa shape index (κ2) is 5.27. The highest BCUT2D eigenvalue weighted by molar-refractivity contribution is 6.30. The first-order valence-corrected chi connectivity index (χ1v) is 6.88. The van der Waals surface area contributed by atoms with Gasteiger partial charge in [0.15, 0.2) is 5.82 Å². The fourth-order valence-electron chi connectivity index (χ4n) is 2.21. The van der Waals surface area contributed by atoms with Crippen LogP contribution >= 0.6 is 11.6 Å². The van der Waals surface area contributed by atoms with E-state index in [0.29, 0.717) is 24.2 Å². The molecule has 3 nitrogen and oxygen atoms in total. The normalized spacial score (nSPS) is 14.2. The molecule has 4 heteroatoms. The molecule has 0 saturated heterocycles. The molecule has 3 rings (SSSR count). The maximum Gasteiger partial charge on any atom is 0.161 e. The highest BCUT2D eigenvalue weighted by Gasteiger charge is 2.17. The Bertz CT molecular complexity index is 596. The predicted molar refractivity (Wildman–Crippen MR) is 75.2 cm³/mol. The van der Waals surface area contributed by atoms with E-state index in [2.05, 4.69) is 41.2 Å². The summed E-state index contributed by atoms with van der Waals surface area (Å²) in [5.74, 6) is 0.702. The predicted octanol–water partition coefficient (Wildman–Crippen LogP) is 3.43. The molecule has 1 aliphatic rings. The Kier molecular flexibility index (Phi) is 3.49. The molecule has 0 unspecified atom stereocenters. The number of rotatable bonds is 2. The van der Waals surface area contributed by atoms with Crippen molar-refractivity contribution in [2.24, 2.45) is 0 Å². The summed E-state index contributed by atoms with van der Waals surface area (Å²) in [5.41, 5.74) is 4.26. The van der Waals surface area contributed by atoms with Gasteiger partial charge >= 0.3 is 0 Å². The Balaban J connectivity index is 2.02. The summed E-state index contributed by atoms with van der Waals surface area (Å²) in [6, 6.07) is 8.32. The van der Waals surface area contributed by atoms with E-state index in [4.69, 9.17) is 16.3 Å². The van der Waals surface area contributed by atoms with E-state index in [9.17, 15) is 0 Å². The van der Waals surface area contributed by atoms with Gasteiger partial charge in [0.1, 0.15) is 5.15 Å². The third-order valence-electron chi connectivity index (χ3n) is 3.39. The molecule has 0 spiro atoms. The van der Waals surface area contributed by atoms with Crippen LogP contribution in [0.25, 0.3) is 11.4 Å². The van der Waals surface area contributed by atoms with Crippen molar-refractivity contribution < 1.29 is 4.74 Å². The molecule has 0 amide bonds. The maximum absolute atomic E-state index is 6.22. The largest absolute Gasteiger partial charge is 0.376 e. The number of hydrogen-bond acceptors (Lipinski definition) is 3. The van der Waals surface area contributed by atoms with Crippen LogP contribution in [0.3, 0.4) is 0 Å². The minimum atomic E-state index is 0.513. The van der Waals surface area contributed by atoms with Gasteiger partial charge in [-0.1, -0.05) is 42.8 Å². The lowest BCUT2D eigenvalue weighted by molar-refractivity contribution is 0.109. The SMILES string of the molecule is CCc1ccc(-c2nc(Cl)c3c(n2)CCOC3)cc1. The van der Waals surface area contributed by atoms with Crippen LogP contribution in [0.15, 0.2) is 24.3 Å². The summed E-state index contributed by atoms with van der Waals surface area (Å²) in [6.07, 6.45) is 1.83. The van der Waals surface area contributed by atoms with Gasteiger partial charge in [0.2, 0.25) is 0 Å². The Morgan fingerprint density at radius 3 is 2.74 bits per heavy atom. The van der Waals surface area contributed by atoms with Crippen LogP contribution in [0.1, 0.15) is 23.7 Å². The lowest BCUT2D eigenvalue weighted by atomic mass is 10.1. The fourth-order valence-corrected chi connectivity index (χ4v) is 2.45. The van der Waals surface area contributed by atoms with E-state index in [-0.39, 0.29) is 0 Å². The van der Waals surface area contributed by atoms with Crippen LogP contribution in [0, 0.1) is 0 Å². The molecule has 0 saturated carbocycles. The summed E-state index contributed by atoms with van der Waals surface area (Å²) in [5, 5.41) is 0.513. The van der Waals surface area contributed by atoms with Gasteiger partial charge in [-0.15, -0.1) is 0 Å². The Morgan fingerprint density at radius 2 is 2.00 bits per heavy atom. The lowest BCUT2D eigenvalue weighted by Crippen LogP contribution is -2.14. The van der Waals surface area contributed by atoms with Crippen molar-refractivity contribution in [1.29, 1.82) is 0 Å². The van der Waals surface area contributed by atoms with E-state index in [1.165, 1.54) is 5.56 Å². The second-order valence-electron chi connectivity index (χ2n) is 4.62. The summed E-state index contributed by atoms with van der Waals surface area (Å²) >= 11 is 6.22. The standard InChI is InChI=1S/C15H15ClN2O/c1-2-10-3-5-11(6-4-10)15-17-13-7-8-19-9-12(13)14(16)18-15/h3-6H,2,7-9H2,1H3. The highest BCUT2D eigenvalue weighted by Crippen LogP contribution is 2.26. The van der Waals surface area contributed by atoms with Gasteiger partial charge in [0.05, 0.1) is 18.9 Å². The minimum Gasteiger partial charge on any atom is -0.376 e. The van der Waals surface area contributed by atoms with E-state index < -0.39 is 0 Å². The Hall–Kier alpha value is -1.45. The van der Waals surface area contributed by atoms with E-state index in [1.54, 1.807) is 0 Å². The molecule has 1 aromatic heterocycles. The molecule has 0 N–H and O–H groups in total. The van der Waals surface area contributed by atoms with Gasteiger partial charge in [-0.05, 0) is 12.0 Å². The summed E-state index contributed by atoms with van der Waals surface area (Å²) in [7, 11) is 0. The average Bonchev–Trinajstić information content (AvgIpc) is 2.47. The molecule has 2 heterocycles. The average molecular weight is 275 g/mol. The molecule has 98 valence electrons. The molecule has 0 radical (unpaired) electrons. The van der Waals surface area contributed by atoms with Gasteiger partial charge in [-0.2, -0.15) is 0 Å². The van der Waals surface area contributed by atoms with Gasteiger partial charge < -0.3 is 4.74 Å². The molecule has 19 heavy (non-hydrogen) atoms. The highest BCUT2D eigenvalue weighted by atomic mass is 35.5. The van der Waals surface area contributed by atoms with Crippen LogP contribution in [-0.4, -0.2) is 16.6 Å². The molecular formula is C15H15ClN2O. The van der Waals surface area contributed by atoms with E-state index in [1.807, 2.05) is 0 Å². The van der Waals surface area contributed by atoms with Crippen LogP contribution in [0.4, 0.5) is 0 Å². The maximum atomic E-state index is 6.22. The fraction of sp³-hybridized carbons (Fsp3) is 0.333. The van der Waals surface area contributed by atoms with Gasteiger partial charge in [0, 0.05) is 17.5 Å². The topological polar surface area (TPSA) is 35.0 Å². The van der Waals surface area contributed by atoms with Crippen molar-refractivity contribution in [2.45, 2.75) is 26.4 Å². The van der Waals surface area contributed by atoms with Crippen molar-refractivity contribution in [3.8, 4) is 11.4 Å².